The molecule has 17 heavy (non-hydrogen) atoms. The van der Waals surface area contributed by atoms with Gasteiger partial charge in [0.05, 0.1) is 18.5 Å². The molecule has 5 heteroatoms. The van der Waals surface area contributed by atoms with Crippen LogP contribution in [-0.2, 0) is 9.53 Å². The second kappa shape index (κ2) is 7.92. The van der Waals surface area contributed by atoms with E-state index in [1.807, 2.05) is 18.2 Å². The molecule has 0 unspecified atom stereocenters. The van der Waals surface area contributed by atoms with Crippen molar-refractivity contribution in [2.24, 2.45) is 0 Å². The Morgan fingerprint density at radius 3 is 2.47 bits per heavy atom. The Morgan fingerprint density at radius 2 is 2.00 bits per heavy atom. The standard InChI is InChI=1S/C9H7N3.C3H6O2/c1-2-4-11-8(3-1)9-7-10-5-6-12-9;1-2-5-3-4/h1-7H;3H,2H2,1H3. The number of ether oxygens (including phenoxy) is 1. The van der Waals surface area contributed by atoms with E-state index in [0.717, 1.165) is 11.4 Å². The first-order valence-electron chi connectivity index (χ1n) is 5.11. The molecular weight excluding hydrogens is 218 g/mol. The fourth-order valence-electron chi connectivity index (χ4n) is 1.01. The first-order chi connectivity index (χ1) is 8.38. The summed E-state index contributed by atoms with van der Waals surface area (Å²) in [5.74, 6) is 0. The number of hydrogen-bond acceptors (Lipinski definition) is 5. The Labute approximate surface area is 99.5 Å². The summed E-state index contributed by atoms with van der Waals surface area (Å²) < 4.78 is 4.15. The maximum atomic E-state index is 9.18. The Hall–Kier alpha value is -2.30. The predicted octanol–water partition coefficient (Wildman–Crippen LogP) is 1.72. The van der Waals surface area contributed by atoms with Crippen molar-refractivity contribution in [1.29, 1.82) is 0 Å². The van der Waals surface area contributed by atoms with Gasteiger partial charge in [-0.2, -0.15) is 0 Å². The highest BCUT2D eigenvalue weighted by Gasteiger charge is 1.96. The van der Waals surface area contributed by atoms with Crippen LogP contribution in [0.25, 0.3) is 11.4 Å². The van der Waals surface area contributed by atoms with Gasteiger partial charge in [0.25, 0.3) is 6.47 Å². The minimum atomic E-state index is 0.431. The molecule has 0 radical (unpaired) electrons. The number of aromatic nitrogens is 3. The average Bonchev–Trinajstić information content (AvgIpc) is 2.42. The Balaban J connectivity index is 0.000000249. The number of hydrogen-bond donors (Lipinski definition) is 0. The molecule has 0 fully saturated rings. The third-order valence-electron chi connectivity index (χ3n) is 1.73. The van der Waals surface area contributed by atoms with Gasteiger partial charge in [-0.1, -0.05) is 6.07 Å². The van der Waals surface area contributed by atoms with Gasteiger partial charge in [0, 0.05) is 18.6 Å². The van der Waals surface area contributed by atoms with E-state index >= 15 is 0 Å². The highest BCUT2D eigenvalue weighted by molar-refractivity contribution is 5.51. The van der Waals surface area contributed by atoms with Gasteiger partial charge in [-0.25, -0.2) is 0 Å². The lowest BCUT2D eigenvalue weighted by atomic mass is 10.3. The molecule has 0 aliphatic rings. The molecule has 2 heterocycles. The predicted molar refractivity (Wildman–Crippen MR) is 63.0 cm³/mol. The summed E-state index contributed by atoms with van der Waals surface area (Å²) in [6.45, 7) is 2.66. The average molecular weight is 231 g/mol. The third kappa shape index (κ3) is 4.83. The van der Waals surface area contributed by atoms with Gasteiger partial charge in [0.15, 0.2) is 0 Å². The zero-order valence-corrected chi connectivity index (χ0v) is 9.48. The molecule has 0 N–H and O–H groups in total. The highest BCUT2D eigenvalue weighted by Crippen LogP contribution is 2.09. The first-order valence-corrected chi connectivity index (χ1v) is 5.11. The van der Waals surface area contributed by atoms with Gasteiger partial charge in [0.1, 0.15) is 5.69 Å². The monoisotopic (exact) mass is 231 g/mol. The van der Waals surface area contributed by atoms with E-state index in [0.29, 0.717) is 13.1 Å². The topological polar surface area (TPSA) is 65.0 Å². The normalized spacial score (nSPS) is 8.76. The quantitative estimate of drug-likeness (QED) is 0.752. The number of rotatable bonds is 3. The maximum absolute atomic E-state index is 9.18. The van der Waals surface area contributed by atoms with Crippen LogP contribution in [0.2, 0.25) is 0 Å². The molecule has 88 valence electrons. The molecule has 0 spiro atoms. The molecule has 0 aliphatic carbocycles. The zero-order valence-electron chi connectivity index (χ0n) is 9.48. The van der Waals surface area contributed by atoms with Gasteiger partial charge in [-0.15, -0.1) is 0 Å². The smallest absolute Gasteiger partial charge is 0.293 e. The minimum Gasteiger partial charge on any atom is -0.468 e. The van der Waals surface area contributed by atoms with Crippen molar-refractivity contribution < 1.29 is 9.53 Å². The Bertz CT molecular complexity index is 383. The van der Waals surface area contributed by atoms with Crippen LogP contribution >= 0.6 is 0 Å². The Morgan fingerprint density at radius 1 is 1.18 bits per heavy atom. The molecule has 0 saturated heterocycles. The third-order valence-corrected chi connectivity index (χ3v) is 1.73. The molecule has 2 aromatic rings. The molecule has 5 nitrogen and oxygen atoms in total. The fourth-order valence-corrected chi connectivity index (χ4v) is 1.01. The van der Waals surface area contributed by atoms with Crippen molar-refractivity contribution in [3.63, 3.8) is 0 Å². The number of carbonyl (C=O) groups is 1. The summed E-state index contributed by atoms with van der Waals surface area (Å²) in [5.41, 5.74) is 1.66. The van der Waals surface area contributed by atoms with E-state index in [1.165, 1.54) is 0 Å². The summed E-state index contributed by atoms with van der Waals surface area (Å²) in [6, 6.07) is 5.71. The van der Waals surface area contributed by atoms with Crippen LogP contribution in [0.15, 0.2) is 43.0 Å². The molecule has 2 rings (SSSR count). The van der Waals surface area contributed by atoms with Crippen LogP contribution in [0.3, 0.4) is 0 Å². The molecular formula is C12H13N3O2. The maximum Gasteiger partial charge on any atom is 0.293 e. The van der Waals surface area contributed by atoms with E-state index in [4.69, 9.17) is 0 Å². The summed E-state index contributed by atoms with van der Waals surface area (Å²) in [7, 11) is 0. The van der Waals surface area contributed by atoms with Gasteiger partial charge in [-0.3, -0.25) is 19.7 Å². The Kier molecular flexibility index (Phi) is 5.95. The van der Waals surface area contributed by atoms with Crippen molar-refractivity contribution >= 4 is 6.47 Å². The van der Waals surface area contributed by atoms with Crippen molar-refractivity contribution in [2.75, 3.05) is 6.61 Å². The zero-order chi connectivity index (χ0) is 12.3. The summed E-state index contributed by atoms with van der Waals surface area (Å²) >= 11 is 0. The lowest BCUT2D eigenvalue weighted by Crippen LogP contribution is -1.85. The second-order valence-electron chi connectivity index (χ2n) is 2.86. The van der Waals surface area contributed by atoms with Crippen LogP contribution in [-0.4, -0.2) is 28.0 Å². The molecule has 0 aliphatic heterocycles. The van der Waals surface area contributed by atoms with Crippen molar-refractivity contribution in [3.05, 3.63) is 43.0 Å². The first kappa shape index (κ1) is 12.8. The number of pyridine rings is 1. The van der Waals surface area contributed by atoms with E-state index in [9.17, 15) is 4.79 Å². The SMILES string of the molecule is CCOC=O.c1ccc(-c2cnccn2)nc1. The lowest BCUT2D eigenvalue weighted by molar-refractivity contribution is -0.128. The molecule has 2 aromatic heterocycles. The van der Waals surface area contributed by atoms with Crippen LogP contribution in [0, 0.1) is 0 Å². The molecule has 0 amide bonds. The van der Waals surface area contributed by atoms with Crippen LogP contribution < -0.4 is 0 Å². The van der Waals surface area contributed by atoms with Crippen molar-refractivity contribution in [1.82, 2.24) is 15.0 Å². The van der Waals surface area contributed by atoms with Gasteiger partial charge >= 0.3 is 0 Å². The van der Waals surface area contributed by atoms with E-state index in [1.54, 1.807) is 31.7 Å². The molecule has 0 saturated carbocycles. The van der Waals surface area contributed by atoms with Gasteiger partial charge < -0.3 is 4.74 Å². The van der Waals surface area contributed by atoms with Crippen LogP contribution in [0.5, 0.6) is 0 Å². The van der Waals surface area contributed by atoms with Crippen LogP contribution in [0.1, 0.15) is 6.92 Å². The van der Waals surface area contributed by atoms with Crippen molar-refractivity contribution in [3.8, 4) is 11.4 Å². The molecule has 0 aromatic carbocycles. The second-order valence-corrected chi connectivity index (χ2v) is 2.86. The van der Waals surface area contributed by atoms with Gasteiger partial charge in [-0.05, 0) is 19.1 Å². The largest absolute Gasteiger partial charge is 0.468 e. The minimum absolute atomic E-state index is 0.431. The molecule has 0 atom stereocenters. The lowest BCUT2D eigenvalue weighted by Gasteiger charge is -1.95. The van der Waals surface area contributed by atoms with E-state index in [-0.39, 0.29) is 0 Å². The number of nitrogens with zero attached hydrogens (tertiary/aromatic N) is 3. The van der Waals surface area contributed by atoms with Crippen LogP contribution in [0.4, 0.5) is 0 Å². The van der Waals surface area contributed by atoms with E-state index in [2.05, 4.69) is 19.7 Å². The fraction of sp³-hybridized carbons (Fsp3) is 0.167. The van der Waals surface area contributed by atoms with Gasteiger partial charge in [0.2, 0.25) is 0 Å². The summed E-state index contributed by atoms with van der Waals surface area (Å²) in [5, 5.41) is 0. The van der Waals surface area contributed by atoms with Crippen molar-refractivity contribution in [2.45, 2.75) is 6.92 Å². The summed E-state index contributed by atoms with van der Waals surface area (Å²) in [4.78, 5) is 21.4. The highest BCUT2D eigenvalue weighted by atomic mass is 16.5. The molecule has 0 bridgehead atoms. The number of carbonyl (C=O) groups excluding carboxylic acids is 1. The summed E-state index contributed by atoms with van der Waals surface area (Å²) in [6.07, 6.45) is 6.74. The van der Waals surface area contributed by atoms with E-state index < -0.39 is 0 Å².